The van der Waals surface area contributed by atoms with Gasteiger partial charge in [-0.05, 0) is 38.8 Å². The molecule has 5 nitrogen and oxygen atoms in total. The number of aromatic amines is 1. The lowest BCUT2D eigenvalue weighted by Crippen LogP contribution is -2.39. The molecule has 1 amide bonds. The lowest BCUT2D eigenvalue weighted by Gasteiger charge is -2.24. The van der Waals surface area contributed by atoms with E-state index in [1.54, 1.807) is 0 Å². The molecule has 0 saturated carbocycles. The first-order valence-electron chi connectivity index (χ1n) is 7.67. The Hall–Kier alpha value is -2.30. The lowest BCUT2D eigenvalue weighted by atomic mass is 10.2. The van der Waals surface area contributed by atoms with Gasteiger partial charge in [0.05, 0.1) is 6.04 Å². The van der Waals surface area contributed by atoms with Crippen molar-refractivity contribution < 1.29 is 9.53 Å². The molecule has 1 saturated heterocycles. The molecule has 116 valence electrons. The van der Waals surface area contributed by atoms with Crippen LogP contribution in [0.5, 0.6) is 5.75 Å². The Kier molecular flexibility index (Phi) is 4.13. The second-order valence-electron chi connectivity index (χ2n) is 5.74. The monoisotopic (exact) mass is 299 g/mol. The third-order valence-corrected chi connectivity index (χ3v) is 4.28. The number of nitrogens with one attached hydrogen (secondary N) is 1. The summed E-state index contributed by atoms with van der Waals surface area (Å²) in [6.07, 6.45) is 1.98. The molecule has 0 aliphatic carbocycles. The predicted molar refractivity (Wildman–Crippen MR) is 84.1 cm³/mol. The van der Waals surface area contributed by atoms with Crippen molar-refractivity contribution in [3.05, 3.63) is 47.3 Å². The third-order valence-electron chi connectivity index (χ3n) is 4.28. The number of hydrogen-bond donors (Lipinski definition) is 1. The number of rotatable bonds is 4. The summed E-state index contributed by atoms with van der Waals surface area (Å²) in [6, 6.07) is 9.83. The number of para-hydroxylation sites is 1. The van der Waals surface area contributed by atoms with E-state index in [4.69, 9.17) is 4.74 Å². The van der Waals surface area contributed by atoms with E-state index in [1.807, 2.05) is 49.1 Å². The van der Waals surface area contributed by atoms with Gasteiger partial charge in [0.2, 0.25) is 0 Å². The maximum absolute atomic E-state index is 12.7. The van der Waals surface area contributed by atoms with E-state index >= 15 is 0 Å². The summed E-state index contributed by atoms with van der Waals surface area (Å²) in [5.41, 5.74) is 2.41. The molecule has 1 aliphatic heterocycles. The van der Waals surface area contributed by atoms with Crippen LogP contribution in [0.2, 0.25) is 0 Å². The molecule has 1 aliphatic rings. The summed E-state index contributed by atoms with van der Waals surface area (Å²) in [4.78, 5) is 14.6. The van der Waals surface area contributed by atoms with E-state index in [0.29, 0.717) is 12.3 Å². The molecular formula is C17H21N3O2. The van der Waals surface area contributed by atoms with Crippen molar-refractivity contribution >= 4 is 5.91 Å². The molecule has 1 aromatic heterocycles. The van der Waals surface area contributed by atoms with E-state index < -0.39 is 0 Å². The Bertz CT molecular complexity index is 651. The van der Waals surface area contributed by atoms with Gasteiger partial charge in [0.15, 0.2) is 5.69 Å². The predicted octanol–water partition coefficient (Wildman–Crippen LogP) is 2.71. The normalized spacial score (nSPS) is 17.7. The van der Waals surface area contributed by atoms with Gasteiger partial charge in [-0.3, -0.25) is 9.89 Å². The Balaban J connectivity index is 1.68. The highest BCUT2D eigenvalue weighted by Gasteiger charge is 2.32. The summed E-state index contributed by atoms with van der Waals surface area (Å²) in [6.45, 7) is 5.15. The first-order chi connectivity index (χ1) is 10.7. The molecule has 2 aromatic rings. The van der Waals surface area contributed by atoms with E-state index in [-0.39, 0.29) is 11.9 Å². The standard InChI is InChI=1S/C17H21N3O2/c1-12-13(2)18-19-16(12)17(21)20-10-6-7-14(20)11-22-15-8-4-3-5-9-15/h3-5,8-9,14H,6-7,10-11H2,1-2H3,(H,18,19)/t14-/m0/s1. The fourth-order valence-corrected chi connectivity index (χ4v) is 2.81. The van der Waals surface area contributed by atoms with E-state index in [9.17, 15) is 4.79 Å². The van der Waals surface area contributed by atoms with E-state index in [0.717, 1.165) is 36.4 Å². The average molecular weight is 299 g/mol. The molecule has 22 heavy (non-hydrogen) atoms. The van der Waals surface area contributed by atoms with Crippen molar-refractivity contribution in [3.8, 4) is 5.75 Å². The molecule has 0 radical (unpaired) electrons. The SMILES string of the molecule is Cc1[nH]nc(C(=O)N2CCC[C@H]2COc2ccccc2)c1C. The average Bonchev–Trinajstić information content (AvgIpc) is 3.14. The van der Waals surface area contributed by atoms with Crippen molar-refractivity contribution in [2.24, 2.45) is 0 Å². The minimum atomic E-state index is 0.000937. The number of carbonyl (C=O) groups excluding carboxylic acids is 1. The fourth-order valence-electron chi connectivity index (χ4n) is 2.81. The molecule has 3 rings (SSSR count). The number of nitrogens with zero attached hydrogens (tertiary/aromatic N) is 2. The van der Waals surface area contributed by atoms with Gasteiger partial charge >= 0.3 is 0 Å². The Morgan fingerprint density at radius 2 is 2.14 bits per heavy atom. The third kappa shape index (κ3) is 2.84. The molecule has 2 heterocycles. The van der Waals surface area contributed by atoms with Crippen LogP contribution in [0.3, 0.4) is 0 Å². The van der Waals surface area contributed by atoms with Crippen LogP contribution in [0.1, 0.15) is 34.6 Å². The van der Waals surface area contributed by atoms with E-state index in [1.165, 1.54) is 0 Å². The van der Waals surface area contributed by atoms with Crippen molar-refractivity contribution in [1.82, 2.24) is 15.1 Å². The number of hydrogen-bond acceptors (Lipinski definition) is 3. The first kappa shape index (κ1) is 14.6. The van der Waals surface area contributed by atoms with E-state index in [2.05, 4.69) is 10.2 Å². The number of carbonyl (C=O) groups is 1. The second-order valence-corrected chi connectivity index (χ2v) is 5.74. The highest BCUT2D eigenvalue weighted by Crippen LogP contribution is 2.22. The van der Waals surface area contributed by atoms with Crippen LogP contribution in [0.15, 0.2) is 30.3 Å². The molecule has 5 heteroatoms. The Morgan fingerprint density at radius 1 is 1.36 bits per heavy atom. The van der Waals surface area contributed by atoms with Crippen LogP contribution in [-0.2, 0) is 0 Å². The number of aromatic nitrogens is 2. The molecule has 0 bridgehead atoms. The lowest BCUT2D eigenvalue weighted by molar-refractivity contribution is 0.0685. The van der Waals surface area contributed by atoms with Gasteiger partial charge in [0, 0.05) is 17.8 Å². The van der Waals surface area contributed by atoms with Gasteiger partial charge in [-0.1, -0.05) is 18.2 Å². The van der Waals surface area contributed by atoms with Crippen LogP contribution in [0.25, 0.3) is 0 Å². The number of ether oxygens (including phenoxy) is 1. The van der Waals surface area contributed by atoms with Crippen molar-refractivity contribution in [2.45, 2.75) is 32.7 Å². The Morgan fingerprint density at radius 3 is 2.82 bits per heavy atom. The van der Waals surface area contributed by atoms with Gasteiger partial charge in [0.25, 0.3) is 5.91 Å². The fraction of sp³-hybridized carbons (Fsp3) is 0.412. The van der Waals surface area contributed by atoms with Gasteiger partial charge in [-0.25, -0.2) is 0 Å². The van der Waals surface area contributed by atoms with Crippen LogP contribution < -0.4 is 4.74 Å². The summed E-state index contributed by atoms with van der Waals surface area (Å²) in [7, 11) is 0. The minimum Gasteiger partial charge on any atom is -0.491 e. The molecule has 1 fully saturated rings. The maximum atomic E-state index is 12.7. The smallest absolute Gasteiger partial charge is 0.274 e. The quantitative estimate of drug-likeness (QED) is 0.944. The zero-order valence-corrected chi connectivity index (χ0v) is 13.0. The summed E-state index contributed by atoms with van der Waals surface area (Å²) in [5.74, 6) is 0.842. The number of amides is 1. The molecule has 1 N–H and O–H groups in total. The van der Waals surface area contributed by atoms with Gasteiger partial charge in [-0.2, -0.15) is 5.10 Å². The molecule has 1 atom stereocenters. The van der Waals surface area contributed by atoms with Crippen LogP contribution in [-0.4, -0.2) is 40.2 Å². The number of aryl methyl sites for hydroxylation is 1. The van der Waals surface area contributed by atoms with Crippen molar-refractivity contribution in [2.75, 3.05) is 13.2 Å². The highest BCUT2D eigenvalue weighted by atomic mass is 16.5. The number of likely N-dealkylation sites (tertiary alicyclic amines) is 1. The topological polar surface area (TPSA) is 58.2 Å². The number of H-pyrrole nitrogens is 1. The van der Waals surface area contributed by atoms with Crippen LogP contribution >= 0.6 is 0 Å². The molecule has 0 unspecified atom stereocenters. The van der Waals surface area contributed by atoms with Crippen molar-refractivity contribution in [3.63, 3.8) is 0 Å². The minimum absolute atomic E-state index is 0.000937. The molecular weight excluding hydrogens is 278 g/mol. The first-order valence-corrected chi connectivity index (χ1v) is 7.67. The highest BCUT2D eigenvalue weighted by molar-refractivity contribution is 5.94. The largest absolute Gasteiger partial charge is 0.491 e. The van der Waals surface area contributed by atoms with Crippen LogP contribution in [0, 0.1) is 13.8 Å². The summed E-state index contributed by atoms with van der Waals surface area (Å²) in [5, 5.41) is 7.04. The van der Waals surface area contributed by atoms with Gasteiger partial charge in [0.1, 0.15) is 12.4 Å². The Labute approximate surface area is 130 Å². The molecule has 1 aromatic carbocycles. The van der Waals surface area contributed by atoms with Gasteiger partial charge in [-0.15, -0.1) is 0 Å². The molecule has 0 spiro atoms. The summed E-state index contributed by atoms with van der Waals surface area (Å²) < 4.78 is 5.82. The van der Waals surface area contributed by atoms with Gasteiger partial charge < -0.3 is 9.64 Å². The zero-order valence-electron chi connectivity index (χ0n) is 13.0. The number of benzene rings is 1. The summed E-state index contributed by atoms with van der Waals surface area (Å²) >= 11 is 0. The second kappa shape index (κ2) is 6.22. The zero-order chi connectivity index (χ0) is 15.5. The van der Waals surface area contributed by atoms with Crippen LogP contribution in [0.4, 0.5) is 0 Å². The maximum Gasteiger partial charge on any atom is 0.274 e. The van der Waals surface area contributed by atoms with Crippen molar-refractivity contribution in [1.29, 1.82) is 0 Å².